The monoisotopic (exact) mass is 413 g/mol. The van der Waals surface area contributed by atoms with Crippen LogP contribution in [-0.4, -0.2) is 39.1 Å². The predicted molar refractivity (Wildman–Crippen MR) is 113 cm³/mol. The van der Waals surface area contributed by atoms with E-state index in [1.54, 1.807) is 47.4 Å². The molecule has 2 aliphatic rings. The van der Waals surface area contributed by atoms with E-state index in [0.717, 1.165) is 18.5 Å². The van der Waals surface area contributed by atoms with Crippen LogP contribution in [0.3, 0.4) is 0 Å². The number of benzene rings is 2. The van der Waals surface area contributed by atoms with Gasteiger partial charge in [0.1, 0.15) is 0 Å². The number of hydrogen-bond acceptors (Lipinski definition) is 4. The van der Waals surface area contributed by atoms with Gasteiger partial charge in [-0.25, -0.2) is 8.42 Å². The first-order valence-electron chi connectivity index (χ1n) is 9.76. The maximum absolute atomic E-state index is 12.6. The number of carbonyl (C=O) groups excluding carboxylic acids is 2. The van der Waals surface area contributed by atoms with Crippen LogP contribution in [0.1, 0.15) is 36.0 Å². The second-order valence-corrected chi connectivity index (χ2v) is 9.31. The van der Waals surface area contributed by atoms with E-state index in [2.05, 4.69) is 5.32 Å². The average Bonchev–Trinajstić information content (AvgIpc) is 3.14. The van der Waals surface area contributed by atoms with Gasteiger partial charge in [0.25, 0.3) is 5.91 Å². The lowest BCUT2D eigenvalue weighted by Gasteiger charge is -2.28. The fourth-order valence-corrected chi connectivity index (χ4v) is 5.37. The maximum atomic E-state index is 12.6. The molecular weight excluding hydrogens is 390 g/mol. The zero-order valence-corrected chi connectivity index (χ0v) is 16.8. The number of rotatable bonds is 4. The molecule has 4 rings (SSSR count). The lowest BCUT2D eigenvalue weighted by atomic mass is 10.1. The van der Waals surface area contributed by atoms with Gasteiger partial charge in [0.15, 0.2) is 0 Å². The molecule has 2 amide bonds. The van der Waals surface area contributed by atoms with Gasteiger partial charge in [-0.05, 0) is 61.7 Å². The van der Waals surface area contributed by atoms with Gasteiger partial charge in [-0.2, -0.15) is 0 Å². The van der Waals surface area contributed by atoms with Gasteiger partial charge in [0, 0.05) is 36.4 Å². The van der Waals surface area contributed by atoms with Crippen LogP contribution in [0.15, 0.2) is 48.5 Å². The van der Waals surface area contributed by atoms with E-state index in [4.69, 9.17) is 0 Å². The summed E-state index contributed by atoms with van der Waals surface area (Å²) >= 11 is 0. The number of nitrogens with one attached hydrogen (secondary N) is 1. The van der Waals surface area contributed by atoms with Crippen molar-refractivity contribution in [2.24, 2.45) is 0 Å². The average molecular weight is 413 g/mol. The molecule has 0 spiro atoms. The third-order valence-corrected chi connectivity index (χ3v) is 7.13. The first-order valence-corrected chi connectivity index (χ1v) is 11.4. The minimum absolute atomic E-state index is 0.0942. The molecule has 2 aromatic carbocycles. The molecule has 2 fully saturated rings. The summed E-state index contributed by atoms with van der Waals surface area (Å²) in [4.78, 5) is 26.3. The van der Waals surface area contributed by atoms with Crippen LogP contribution in [-0.2, 0) is 14.8 Å². The molecule has 29 heavy (non-hydrogen) atoms. The van der Waals surface area contributed by atoms with Crippen LogP contribution in [0.25, 0.3) is 0 Å². The number of nitrogens with zero attached hydrogens (tertiary/aromatic N) is 2. The largest absolute Gasteiger partial charge is 0.322 e. The predicted octanol–water partition coefficient (Wildman–Crippen LogP) is 3.00. The zero-order valence-electron chi connectivity index (χ0n) is 16.0. The van der Waals surface area contributed by atoms with Crippen molar-refractivity contribution in [1.29, 1.82) is 0 Å². The van der Waals surface area contributed by atoms with Crippen LogP contribution in [0.5, 0.6) is 0 Å². The molecule has 0 radical (unpaired) electrons. The number of amides is 2. The third-order valence-electron chi connectivity index (χ3n) is 5.26. The quantitative estimate of drug-likeness (QED) is 0.835. The van der Waals surface area contributed by atoms with Crippen LogP contribution < -0.4 is 14.5 Å². The van der Waals surface area contributed by atoms with Crippen molar-refractivity contribution < 1.29 is 18.0 Å². The Bertz CT molecular complexity index is 1030. The van der Waals surface area contributed by atoms with E-state index in [0.29, 0.717) is 42.9 Å². The zero-order chi connectivity index (χ0) is 20.4. The molecule has 2 heterocycles. The molecule has 0 atom stereocenters. The lowest BCUT2D eigenvalue weighted by Crippen LogP contribution is -2.37. The molecule has 7 nitrogen and oxygen atoms in total. The van der Waals surface area contributed by atoms with E-state index < -0.39 is 10.0 Å². The van der Waals surface area contributed by atoms with E-state index in [1.165, 1.54) is 4.31 Å². The Hall–Kier alpha value is -2.87. The molecule has 0 unspecified atom stereocenters. The standard InChI is InChI=1S/C21H23N3O4S/c25-20-7-4-12-23(20)19-6-3-5-17(15-19)22-21(26)16-8-10-18(11-9-16)24-13-1-2-14-29(24,27)28/h3,5-6,8-11,15H,1-2,4,7,12-14H2,(H,22,26). The highest BCUT2D eigenvalue weighted by molar-refractivity contribution is 7.92. The molecule has 8 heteroatoms. The van der Waals surface area contributed by atoms with Crippen LogP contribution in [0, 0.1) is 0 Å². The maximum Gasteiger partial charge on any atom is 0.255 e. The number of hydrogen-bond donors (Lipinski definition) is 1. The molecular formula is C21H23N3O4S. The van der Waals surface area contributed by atoms with Gasteiger partial charge in [-0.3, -0.25) is 13.9 Å². The minimum Gasteiger partial charge on any atom is -0.322 e. The summed E-state index contributed by atoms with van der Waals surface area (Å²) in [6.07, 6.45) is 2.91. The third kappa shape index (κ3) is 4.12. The fraction of sp³-hybridized carbons (Fsp3) is 0.333. The molecule has 2 aromatic rings. The summed E-state index contributed by atoms with van der Waals surface area (Å²) in [6.45, 7) is 1.16. The molecule has 1 N–H and O–H groups in total. The Labute approximate surface area is 170 Å². The van der Waals surface area contributed by atoms with E-state index in [1.807, 2.05) is 6.07 Å². The summed E-state index contributed by atoms with van der Waals surface area (Å²) in [5.41, 5.74) is 2.40. The van der Waals surface area contributed by atoms with Crippen molar-refractivity contribution in [3.63, 3.8) is 0 Å². The van der Waals surface area contributed by atoms with Gasteiger partial charge in [0.2, 0.25) is 15.9 Å². The summed E-state index contributed by atoms with van der Waals surface area (Å²) < 4.78 is 25.9. The van der Waals surface area contributed by atoms with Crippen molar-refractivity contribution in [2.45, 2.75) is 25.7 Å². The Balaban J connectivity index is 1.47. The van der Waals surface area contributed by atoms with Gasteiger partial charge >= 0.3 is 0 Å². The fourth-order valence-electron chi connectivity index (χ4n) is 3.73. The second kappa shape index (κ2) is 7.87. The van der Waals surface area contributed by atoms with Crippen LogP contribution in [0.4, 0.5) is 17.1 Å². The Kier molecular flexibility index (Phi) is 5.27. The second-order valence-electron chi connectivity index (χ2n) is 7.30. The van der Waals surface area contributed by atoms with Gasteiger partial charge in [-0.15, -0.1) is 0 Å². The van der Waals surface area contributed by atoms with E-state index in [-0.39, 0.29) is 17.6 Å². The van der Waals surface area contributed by atoms with Crippen molar-refractivity contribution in [3.8, 4) is 0 Å². The van der Waals surface area contributed by atoms with Crippen molar-refractivity contribution in [2.75, 3.05) is 33.4 Å². The summed E-state index contributed by atoms with van der Waals surface area (Å²) in [5, 5.41) is 2.84. The van der Waals surface area contributed by atoms with Crippen molar-refractivity contribution in [1.82, 2.24) is 0 Å². The van der Waals surface area contributed by atoms with E-state index >= 15 is 0 Å². The highest BCUT2D eigenvalue weighted by Crippen LogP contribution is 2.26. The van der Waals surface area contributed by atoms with Gasteiger partial charge < -0.3 is 10.2 Å². The Morgan fingerprint density at radius 1 is 0.931 bits per heavy atom. The summed E-state index contributed by atoms with van der Waals surface area (Å²) in [7, 11) is -3.28. The van der Waals surface area contributed by atoms with Gasteiger partial charge in [-0.1, -0.05) is 6.07 Å². The molecule has 0 aromatic heterocycles. The molecule has 2 saturated heterocycles. The molecule has 0 saturated carbocycles. The normalized spacial score (nSPS) is 18.7. The first-order chi connectivity index (χ1) is 13.9. The topological polar surface area (TPSA) is 86.8 Å². The SMILES string of the molecule is O=C(Nc1cccc(N2CCCC2=O)c1)c1ccc(N2CCCCS2(=O)=O)cc1. The number of sulfonamides is 1. The highest BCUT2D eigenvalue weighted by Gasteiger charge is 2.26. The van der Waals surface area contributed by atoms with Crippen molar-refractivity contribution >= 4 is 38.9 Å². The van der Waals surface area contributed by atoms with Gasteiger partial charge in [0.05, 0.1) is 11.4 Å². The van der Waals surface area contributed by atoms with E-state index in [9.17, 15) is 18.0 Å². The summed E-state index contributed by atoms with van der Waals surface area (Å²) in [5.74, 6) is -0.0369. The Morgan fingerprint density at radius 2 is 1.72 bits per heavy atom. The highest BCUT2D eigenvalue weighted by atomic mass is 32.2. The number of anilines is 3. The first kappa shape index (κ1) is 19.4. The molecule has 0 bridgehead atoms. The van der Waals surface area contributed by atoms with Crippen LogP contribution in [0.2, 0.25) is 0 Å². The smallest absolute Gasteiger partial charge is 0.255 e. The molecule has 152 valence electrons. The Morgan fingerprint density at radius 3 is 2.41 bits per heavy atom. The van der Waals surface area contributed by atoms with Crippen molar-refractivity contribution in [3.05, 3.63) is 54.1 Å². The van der Waals surface area contributed by atoms with Crippen LogP contribution >= 0.6 is 0 Å². The number of carbonyl (C=O) groups is 2. The minimum atomic E-state index is -3.28. The molecule has 2 aliphatic heterocycles. The molecule has 0 aliphatic carbocycles. The summed E-state index contributed by atoms with van der Waals surface area (Å²) in [6, 6.07) is 13.8. The lowest BCUT2D eigenvalue weighted by molar-refractivity contribution is -0.117.